The van der Waals surface area contributed by atoms with Crippen LogP contribution >= 0.6 is 0 Å². The first-order valence-electron chi connectivity index (χ1n) is 7.39. The molecular formula is C19H20N2O. The third-order valence-electron chi connectivity index (χ3n) is 4.11. The van der Waals surface area contributed by atoms with Gasteiger partial charge in [-0.2, -0.15) is 0 Å². The molecule has 0 amide bonds. The first-order valence-corrected chi connectivity index (χ1v) is 7.39. The molecule has 3 nitrogen and oxygen atoms in total. The SMILES string of the molecule is Cc1cc2c(OCc3c(C)ccc(N)c3C)cccc2cn1. The van der Waals surface area contributed by atoms with Gasteiger partial charge in [0.2, 0.25) is 0 Å². The predicted octanol–water partition coefficient (Wildman–Crippen LogP) is 4.32. The smallest absolute Gasteiger partial charge is 0.127 e. The number of nitrogens with zero attached hydrogens (tertiary/aromatic N) is 1. The highest BCUT2D eigenvalue weighted by Crippen LogP contribution is 2.28. The first-order chi connectivity index (χ1) is 10.6. The summed E-state index contributed by atoms with van der Waals surface area (Å²) in [5.74, 6) is 0.879. The molecule has 0 aliphatic heterocycles. The van der Waals surface area contributed by atoms with Gasteiger partial charge in [0.1, 0.15) is 12.4 Å². The Labute approximate surface area is 130 Å². The van der Waals surface area contributed by atoms with E-state index in [9.17, 15) is 0 Å². The fourth-order valence-electron chi connectivity index (χ4n) is 2.65. The zero-order valence-corrected chi connectivity index (χ0v) is 13.2. The molecule has 3 rings (SSSR count). The summed E-state index contributed by atoms with van der Waals surface area (Å²) < 4.78 is 6.09. The Kier molecular flexibility index (Phi) is 3.72. The molecule has 0 bridgehead atoms. The molecule has 2 N–H and O–H groups in total. The number of fused-ring (bicyclic) bond motifs is 1. The summed E-state index contributed by atoms with van der Waals surface area (Å²) in [5, 5.41) is 2.18. The molecule has 0 aliphatic rings. The summed E-state index contributed by atoms with van der Waals surface area (Å²) >= 11 is 0. The lowest BCUT2D eigenvalue weighted by Gasteiger charge is -2.14. The quantitative estimate of drug-likeness (QED) is 0.731. The molecule has 112 valence electrons. The van der Waals surface area contributed by atoms with Gasteiger partial charge in [-0.3, -0.25) is 4.98 Å². The van der Waals surface area contributed by atoms with E-state index in [0.29, 0.717) is 6.61 Å². The van der Waals surface area contributed by atoms with E-state index >= 15 is 0 Å². The average Bonchev–Trinajstić information content (AvgIpc) is 2.51. The topological polar surface area (TPSA) is 48.1 Å². The largest absolute Gasteiger partial charge is 0.488 e. The van der Waals surface area contributed by atoms with Crippen molar-refractivity contribution >= 4 is 16.5 Å². The number of benzene rings is 2. The summed E-state index contributed by atoms with van der Waals surface area (Å²) in [4.78, 5) is 4.33. The summed E-state index contributed by atoms with van der Waals surface area (Å²) in [6.07, 6.45) is 1.88. The number of rotatable bonds is 3. The van der Waals surface area contributed by atoms with E-state index in [2.05, 4.69) is 18.0 Å². The molecule has 0 fully saturated rings. The number of nitrogens with two attached hydrogens (primary N) is 1. The molecule has 0 unspecified atom stereocenters. The summed E-state index contributed by atoms with van der Waals surface area (Å²) in [5.41, 5.74) is 11.2. The molecule has 3 aromatic rings. The number of nitrogen functional groups attached to an aromatic ring is 1. The second-order valence-corrected chi connectivity index (χ2v) is 5.67. The zero-order valence-electron chi connectivity index (χ0n) is 13.2. The highest BCUT2D eigenvalue weighted by Gasteiger charge is 2.08. The normalized spacial score (nSPS) is 10.9. The van der Waals surface area contributed by atoms with Crippen molar-refractivity contribution < 1.29 is 4.74 Å². The van der Waals surface area contributed by atoms with E-state index in [1.807, 2.05) is 50.4 Å². The lowest BCUT2D eigenvalue weighted by Crippen LogP contribution is -2.03. The van der Waals surface area contributed by atoms with E-state index in [1.165, 1.54) is 5.56 Å². The summed E-state index contributed by atoms with van der Waals surface area (Å²) in [7, 11) is 0. The van der Waals surface area contributed by atoms with Gasteiger partial charge in [-0.1, -0.05) is 18.2 Å². The number of aryl methyl sites for hydroxylation is 2. The van der Waals surface area contributed by atoms with E-state index in [0.717, 1.165) is 39.0 Å². The molecule has 0 spiro atoms. The van der Waals surface area contributed by atoms with Gasteiger partial charge in [-0.15, -0.1) is 0 Å². The fourth-order valence-corrected chi connectivity index (χ4v) is 2.65. The molecule has 0 saturated carbocycles. The van der Waals surface area contributed by atoms with Crippen LogP contribution in [0, 0.1) is 20.8 Å². The number of hydrogen-bond donors (Lipinski definition) is 1. The van der Waals surface area contributed by atoms with Crippen molar-refractivity contribution in [3.05, 3.63) is 65.0 Å². The van der Waals surface area contributed by atoms with Gasteiger partial charge >= 0.3 is 0 Å². The lowest BCUT2D eigenvalue weighted by molar-refractivity contribution is 0.308. The van der Waals surface area contributed by atoms with Crippen LogP contribution in [-0.2, 0) is 6.61 Å². The van der Waals surface area contributed by atoms with Crippen molar-refractivity contribution in [1.29, 1.82) is 0 Å². The van der Waals surface area contributed by atoms with Crippen LogP contribution in [0.15, 0.2) is 42.6 Å². The van der Waals surface area contributed by atoms with Crippen molar-refractivity contribution in [1.82, 2.24) is 4.98 Å². The van der Waals surface area contributed by atoms with Crippen LogP contribution in [0.25, 0.3) is 10.8 Å². The van der Waals surface area contributed by atoms with Gasteiger partial charge in [-0.05, 0) is 55.7 Å². The van der Waals surface area contributed by atoms with E-state index in [4.69, 9.17) is 10.5 Å². The minimum absolute atomic E-state index is 0.517. The van der Waals surface area contributed by atoms with Gasteiger partial charge in [0.25, 0.3) is 0 Å². The van der Waals surface area contributed by atoms with Gasteiger partial charge in [-0.25, -0.2) is 0 Å². The first kappa shape index (κ1) is 14.4. The minimum atomic E-state index is 0.517. The van der Waals surface area contributed by atoms with Gasteiger partial charge in [0.15, 0.2) is 0 Å². The second-order valence-electron chi connectivity index (χ2n) is 5.67. The fraction of sp³-hybridized carbons (Fsp3) is 0.211. The number of anilines is 1. The Hall–Kier alpha value is -2.55. The van der Waals surface area contributed by atoms with Crippen LogP contribution in [0.1, 0.15) is 22.4 Å². The highest BCUT2D eigenvalue weighted by molar-refractivity contribution is 5.87. The highest BCUT2D eigenvalue weighted by atomic mass is 16.5. The molecule has 22 heavy (non-hydrogen) atoms. The van der Waals surface area contributed by atoms with Crippen LogP contribution in [0.2, 0.25) is 0 Å². The van der Waals surface area contributed by atoms with E-state index in [1.54, 1.807) is 0 Å². The molecule has 2 aromatic carbocycles. The Morgan fingerprint density at radius 3 is 2.73 bits per heavy atom. The van der Waals surface area contributed by atoms with Crippen molar-refractivity contribution in [3.63, 3.8) is 0 Å². The number of hydrogen-bond acceptors (Lipinski definition) is 3. The molecule has 0 saturated heterocycles. The third kappa shape index (κ3) is 2.62. The summed E-state index contributed by atoms with van der Waals surface area (Å²) in [6.45, 7) is 6.63. The van der Waals surface area contributed by atoms with Gasteiger partial charge < -0.3 is 10.5 Å². The van der Waals surface area contributed by atoms with Crippen molar-refractivity contribution in [2.45, 2.75) is 27.4 Å². The van der Waals surface area contributed by atoms with Crippen molar-refractivity contribution in [2.24, 2.45) is 0 Å². The third-order valence-corrected chi connectivity index (χ3v) is 4.11. The maximum Gasteiger partial charge on any atom is 0.127 e. The molecule has 1 aromatic heterocycles. The second kappa shape index (κ2) is 5.68. The average molecular weight is 292 g/mol. The molecule has 1 heterocycles. The maximum atomic E-state index is 6.09. The standard InChI is InChI=1S/C19H20N2O/c1-12-7-8-18(20)14(3)17(12)11-22-19-6-4-5-15-10-21-13(2)9-16(15)19/h4-10H,11,20H2,1-3H3. The maximum absolute atomic E-state index is 6.09. The van der Waals surface area contributed by atoms with Crippen molar-refractivity contribution in [2.75, 3.05) is 5.73 Å². The van der Waals surface area contributed by atoms with Crippen LogP contribution in [0.3, 0.4) is 0 Å². The van der Waals surface area contributed by atoms with E-state index in [-0.39, 0.29) is 0 Å². The molecule has 3 heteroatoms. The Morgan fingerprint density at radius 2 is 1.91 bits per heavy atom. The Balaban J connectivity index is 1.95. The van der Waals surface area contributed by atoms with Gasteiger partial charge in [0, 0.05) is 28.4 Å². The number of aromatic nitrogens is 1. The molecular weight excluding hydrogens is 272 g/mol. The molecule has 0 radical (unpaired) electrons. The lowest BCUT2D eigenvalue weighted by atomic mass is 10.0. The van der Waals surface area contributed by atoms with Crippen LogP contribution in [0.5, 0.6) is 5.75 Å². The summed E-state index contributed by atoms with van der Waals surface area (Å²) in [6, 6.07) is 12.1. The molecule has 0 aliphatic carbocycles. The Morgan fingerprint density at radius 1 is 1.09 bits per heavy atom. The van der Waals surface area contributed by atoms with Gasteiger partial charge in [0.05, 0.1) is 0 Å². The van der Waals surface area contributed by atoms with Crippen molar-refractivity contribution in [3.8, 4) is 5.75 Å². The van der Waals surface area contributed by atoms with E-state index < -0.39 is 0 Å². The number of ether oxygens (including phenoxy) is 1. The Bertz CT molecular complexity index is 840. The monoisotopic (exact) mass is 292 g/mol. The minimum Gasteiger partial charge on any atom is -0.488 e. The van der Waals surface area contributed by atoms with Crippen LogP contribution in [-0.4, -0.2) is 4.98 Å². The van der Waals surface area contributed by atoms with Crippen LogP contribution in [0.4, 0.5) is 5.69 Å². The number of pyridine rings is 1. The molecule has 0 atom stereocenters. The predicted molar refractivity (Wildman–Crippen MR) is 91.1 cm³/mol. The van der Waals surface area contributed by atoms with Crippen LogP contribution < -0.4 is 10.5 Å². The zero-order chi connectivity index (χ0) is 15.7.